The molecule has 1 unspecified atom stereocenters. The minimum atomic E-state index is 0.500. The van der Waals surface area contributed by atoms with Crippen molar-refractivity contribution in [3.63, 3.8) is 0 Å². The molecule has 0 aliphatic carbocycles. The molecule has 1 aromatic heterocycles. The Bertz CT molecular complexity index is 341. The van der Waals surface area contributed by atoms with Gasteiger partial charge in [-0.2, -0.15) is 4.98 Å². The molecule has 0 spiro atoms. The molecule has 0 amide bonds. The highest BCUT2D eigenvalue weighted by atomic mass is 16.5. The summed E-state index contributed by atoms with van der Waals surface area (Å²) in [5.41, 5.74) is 0. The van der Waals surface area contributed by atoms with Crippen molar-refractivity contribution in [1.82, 2.24) is 15.0 Å². The van der Waals surface area contributed by atoms with Crippen LogP contribution in [0.2, 0.25) is 0 Å². The van der Waals surface area contributed by atoms with Gasteiger partial charge in [-0.25, -0.2) is 0 Å². The van der Waals surface area contributed by atoms with E-state index in [1.165, 1.54) is 25.9 Å². The van der Waals surface area contributed by atoms with Crippen molar-refractivity contribution in [3.8, 4) is 0 Å². The first kappa shape index (κ1) is 9.33. The Morgan fingerprint density at radius 1 is 1.40 bits per heavy atom. The lowest BCUT2D eigenvalue weighted by molar-refractivity contribution is 0.0727. The molecular weight excluding hydrogens is 190 g/mol. The molecule has 4 rings (SSSR count). The average molecular weight is 207 g/mol. The number of fused-ring (bicyclic) bond motifs is 3. The van der Waals surface area contributed by atoms with Gasteiger partial charge in [0.05, 0.1) is 5.92 Å². The lowest BCUT2D eigenvalue weighted by Crippen LogP contribution is -2.46. The number of hydrogen-bond acceptors (Lipinski definition) is 4. The molecule has 1 aromatic rings. The summed E-state index contributed by atoms with van der Waals surface area (Å²) in [6, 6.07) is 0. The third kappa shape index (κ3) is 1.57. The van der Waals surface area contributed by atoms with Gasteiger partial charge in [-0.05, 0) is 31.8 Å². The molecule has 4 nitrogen and oxygen atoms in total. The van der Waals surface area contributed by atoms with Crippen LogP contribution in [0.3, 0.4) is 0 Å². The fourth-order valence-electron chi connectivity index (χ4n) is 2.81. The van der Waals surface area contributed by atoms with E-state index < -0.39 is 0 Å². The number of aryl methyl sites for hydroxylation is 1. The maximum Gasteiger partial charge on any atom is 0.231 e. The van der Waals surface area contributed by atoms with Crippen LogP contribution >= 0.6 is 0 Å². The summed E-state index contributed by atoms with van der Waals surface area (Å²) in [6.45, 7) is 5.70. The molecule has 2 bridgehead atoms. The molecule has 0 aromatic carbocycles. The maximum absolute atomic E-state index is 5.36. The van der Waals surface area contributed by atoms with Gasteiger partial charge in [0.2, 0.25) is 5.89 Å². The minimum Gasteiger partial charge on any atom is -0.339 e. The Morgan fingerprint density at radius 2 is 2.20 bits per heavy atom. The molecule has 4 heteroatoms. The first-order valence-corrected chi connectivity index (χ1v) is 5.91. The summed E-state index contributed by atoms with van der Waals surface area (Å²) in [7, 11) is 0. The summed E-state index contributed by atoms with van der Waals surface area (Å²) in [6.07, 6.45) is 3.47. The van der Waals surface area contributed by atoms with Gasteiger partial charge in [0.25, 0.3) is 0 Å². The highest BCUT2D eigenvalue weighted by molar-refractivity contribution is 5.03. The third-order valence-electron chi connectivity index (χ3n) is 3.77. The second kappa shape index (κ2) is 3.59. The van der Waals surface area contributed by atoms with Gasteiger partial charge in [-0.1, -0.05) is 12.1 Å². The van der Waals surface area contributed by atoms with Crippen LogP contribution in [0.1, 0.15) is 37.4 Å². The molecule has 15 heavy (non-hydrogen) atoms. The Balaban J connectivity index is 1.81. The monoisotopic (exact) mass is 207 g/mol. The smallest absolute Gasteiger partial charge is 0.231 e. The molecule has 4 heterocycles. The van der Waals surface area contributed by atoms with Crippen LogP contribution in [-0.4, -0.2) is 34.7 Å². The molecule has 3 fully saturated rings. The topological polar surface area (TPSA) is 42.2 Å². The lowest BCUT2D eigenvalue weighted by atomic mass is 9.79. The van der Waals surface area contributed by atoms with Crippen LogP contribution in [0.15, 0.2) is 4.52 Å². The SMILES string of the molecule is CCc1noc(C2CN3CCC2CC3)n1. The van der Waals surface area contributed by atoms with Crippen LogP contribution in [0.4, 0.5) is 0 Å². The van der Waals surface area contributed by atoms with Crippen molar-refractivity contribution in [1.29, 1.82) is 0 Å². The summed E-state index contributed by atoms with van der Waals surface area (Å²) >= 11 is 0. The van der Waals surface area contributed by atoms with E-state index in [-0.39, 0.29) is 0 Å². The molecule has 3 aliphatic heterocycles. The van der Waals surface area contributed by atoms with Gasteiger partial charge in [0, 0.05) is 13.0 Å². The van der Waals surface area contributed by atoms with E-state index in [0.29, 0.717) is 5.92 Å². The third-order valence-corrected chi connectivity index (χ3v) is 3.77. The van der Waals surface area contributed by atoms with E-state index in [9.17, 15) is 0 Å². The zero-order valence-corrected chi connectivity index (χ0v) is 9.15. The van der Waals surface area contributed by atoms with Crippen molar-refractivity contribution in [2.75, 3.05) is 19.6 Å². The van der Waals surface area contributed by atoms with E-state index in [2.05, 4.69) is 22.0 Å². The fraction of sp³-hybridized carbons (Fsp3) is 0.818. The molecule has 0 saturated carbocycles. The molecule has 0 radical (unpaired) electrons. The predicted molar refractivity (Wildman–Crippen MR) is 55.6 cm³/mol. The second-order valence-corrected chi connectivity index (χ2v) is 4.65. The number of rotatable bonds is 2. The molecule has 1 atom stereocenters. The first-order valence-electron chi connectivity index (χ1n) is 5.91. The molecule has 3 saturated heterocycles. The van der Waals surface area contributed by atoms with Crippen molar-refractivity contribution in [2.45, 2.75) is 32.1 Å². The van der Waals surface area contributed by atoms with Gasteiger partial charge in [-0.3, -0.25) is 0 Å². The lowest BCUT2D eigenvalue weighted by Gasteiger charge is -2.43. The standard InChI is InChI=1S/C11H17N3O/c1-2-10-12-11(15-13-10)9-7-14-5-3-8(9)4-6-14/h8-9H,2-7H2,1H3. The Labute approximate surface area is 89.6 Å². The maximum atomic E-state index is 5.36. The first-order chi connectivity index (χ1) is 7.36. The van der Waals surface area contributed by atoms with Gasteiger partial charge in [-0.15, -0.1) is 0 Å². The van der Waals surface area contributed by atoms with Crippen LogP contribution in [-0.2, 0) is 6.42 Å². The molecule has 82 valence electrons. The van der Waals surface area contributed by atoms with Crippen molar-refractivity contribution >= 4 is 0 Å². The average Bonchev–Trinajstić information content (AvgIpc) is 2.79. The van der Waals surface area contributed by atoms with Crippen LogP contribution in [0, 0.1) is 5.92 Å². The predicted octanol–water partition coefficient (Wildman–Crippen LogP) is 1.44. The highest BCUT2D eigenvalue weighted by Gasteiger charge is 2.37. The van der Waals surface area contributed by atoms with Crippen LogP contribution < -0.4 is 0 Å². The van der Waals surface area contributed by atoms with Crippen molar-refractivity contribution < 1.29 is 4.52 Å². The van der Waals surface area contributed by atoms with Gasteiger partial charge < -0.3 is 9.42 Å². The number of piperidine rings is 3. The number of aromatic nitrogens is 2. The zero-order valence-electron chi connectivity index (χ0n) is 9.15. The van der Waals surface area contributed by atoms with E-state index in [0.717, 1.165) is 30.6 Å². The van der Waals surface area contributed by atoms with Gasteiger partial charge >= 0.3 is 0 Å². The normalized spacial score (nSPS) is 34.6. The number of nitrogens with zero attached hydrogens (tertiary/aromatic N) is 3. The Morgan fingerprint density at radius 3 is 2.73 bits per heavy atom. The van der Waals surface area contributed by atoms with Crippen LogP contribution in [0.5, 0.6) is 0 Å². The number of hydrogen-bond donors (Lipinski definition) is 0. The summed E-state index contributed by atoms with van der Waals surface area (Å²) in [5.74, 6) is 3.00. The largest absolute Gasteiger partial charge is 0.339 e. The Hall–Kier alpha value is -0.900. The van der Waals surface area contributed by atoms with E-state index in [1.54, 1.807) is 0 Å². The van der Waals surface area contributed by atoms with Gasteiger partial charge in [0.1, 0.15) is 0 Å². The molecular formula is C11H17N3O. The van der Waals surface area contributed by atoms with E-state index in [4.69, 9.17) is 4.52 Å². The van der Waals surface area contributed by atoms with Crippen molar-refractivity contribution in [2.24, 2.45) is 5.92 Å². The molecule has 0 N–H and O–H groups in total. The Kier molecular flexibility index (Phi) is 2.24. The van der Waals surface area contributed by atoms with Crippen molar-refractivity contribution in [3.05, 3.63) is 11.7 Å². The molecule has 3 aliphatic rings. The summed E-state index contributed by atoms with van der Waals surface area (Å²) < 4.78 is 5.36. The van der Waals surface area contributed by atoms with E-state index >= 15 is 0 Å². The van der Waals surface area contributed by atoms with Gasteiger partial charge in [0.15, 0.2) is 5.82 Å². The zero-order chi connectivity index (χ0) is 10.3. The second-order valence-electron chi connectivity index (χ2n) is 4.65. The summed E-state index contributed by atoms with van der Waals surface area (Å²) in [4.78, 5) is 6.98. The highest BCUT2D eigenvalue weighted by Crippen LogP contribution is 2.38. The summed E-state index contributed by atoms with van der Waals surface area (Å²) in [5, 5.41) is 3.99. The minimum absolute atomic E-state index is 0.500. The van der Waals surface area contributed by atoms with Crippen LogP contribution in [0.25, 0.3) is 0 Å². The fourth-order valence-corrected chi connectivity index (χ4v) is 2.81. The quantitative estimate of drug-likeness (QED) is 0.736. The van der Waals surface area contributed by atoms with E-state index in [1.807, 2.05) is 0 Å².